The molecular weight excluding hydrogens is 477 g/mol. The highest BCUT2D eigenvalue weighted by atomic mass is 35.5. The van der Waals surface area contributed by atoms with E-state index in [2.05, 4.69) is 0 Å². The summed E-state index contributed by atoms with van der Waals surface area (Å²) in [5.41, 5.74) is 2.07. The van der Waals surface area contributed by atoms with Crippen molar-refractivity contribution in [3.8, 4) is 11.5 Å². The van der Waals surface area contributed by atoms with Gasteiger partial charge in [0.05, 0.1) is 16.5 Å². The molecule has 1 heterocycles. The van der Waals surface area contributed by atoms with Crippen molar-refractivity contribution < 1.29 is 23.5 Å². The third-order valence-corrected chi connectivity index (χ3v) is 6.34. The summed E-state index contributed by atoms with van der Waals surface area (Å²) in [4.78, 5) is 26.6. The average molecular weight is 498 g/mol. The largest absolute Gasteiger partial charge is 0.492 e. The number of imide groups is 1. The second kappa shape index (κ2) is 10.8. The summed E-state index contributed by atoms with van der Waals surface area (Å²) in [6.45, 7) is 2.31. The Bertz CT molecular complexity index is 1230. The van der Waals surface area contributed by atoms with E-state index in [9.17, 15) is 14.0 Å². The maximum absolute atomic E-state index is 14.0. The van der Waals surface area contributed by atoms with Gasteiger partial charge in [0.25, 0.3) is 11.1 Å². The predicted octanol–water partition coefficient (Wildman–Crippen LogP) is 6.48. The van der Waals surface area contributed by atoms with Gasteiger partial charge in [-0.3, -0.25) is 14.5 Å². The van der Waals surface area contributed by atoms with E-state index >= 15 is 0 Å². The molecule has 8 heteroatoms. The van der Waals surface area contributed by atoms with Gasteiger partial charge in [0.2, 0.25) is 0 Å². The summed E-state index contributed by atoms with van der Waals surface area (Å²) in [6, 6.07) is 19.0. The smallest absolute Gasteiger partial charge is 0.293 e. The van der Waals surface area contributed by atoms with Crippen LogP contribution in [0.15, 0.2) is 71.6 Å². The number of carbonyl (C=O) groups excluding carboxylic acids is 2. The molecule has 2 amide bonds. The zero-order valence-corrected chi connectivity index (χ0v) is 19.9. The van der Waals surface area contributed by atoms with Crippen molar-refractivity contribution in [1.29, 1.82) is 0 Å². The van der Waals surface area contributed by atoms with Crippen LogP contribution in [0.5, 0.6) is 11.5 Å². The molecule has 4 rings (SSSR count). The highest BCUT2D eigenvalue weighted by Crippen LogP contribution is 2.32. The van der Waals surface area contributed by atoms with Gasteiger partial charge in [0, 0.05) is 5.56 Å². The fraction of sp³-hybridized carbons (Fsp3) is 0.154. The number of carbonyl (C=O) groups is 2. The van der Waals surface area contributed by atoms with Crippen molar-refractivity contribution in [3.05, 3.63) is 99.2 Å². The second-order valence-electron chi connectivity index (χ2n) is 7.56. The second-order valence-corrected chi connectivity index (χ2v) is 8.96. The topological polar surface area (TPSA) is 55.8 Å². The number of rotatable bonds is 8. The van der Waals surface area contributed by atoms with Crippen LogP contribution >= 0.6 is 23.4 Å². The quantitative estimate of drug-likeness (QED) is 0.333. The zero-order valence-electron chi connectivity index (χ0n) is 18.3. The number of nitrogens with zero attached hydrogens (tertiary/aromatic N) is 1. The van der Waals surface area contributed by atoms with E-state index in [4.69, 9.17) is 21.1 Å². The van der Waals surface area contributed by atoms with E-state index in [1.807, 2.05) is 31.2 Å². The molecule has 0 bridgehead atoms. The molecule has 1 aliphatic heterocycles. The van der Waals surface area contributed by atoms with Gasteiger partial charge in [0.15, 0.2) is 0 Å². The molecule has 0 N–H and O–H groups in total. The Morgan fingerprint density at radius 2 is 1.76 bits per heavy atom. The van der Waals surface area contributed by atoms with Gasteiger partial charge in [-0.1, -0.05) is 47.5 Å². The molecule has 0 atom stereocenters. The first-order valence-corrected chi connectivity index (χ1v) is 11.7. The third-order valence-electron chi connectivity index (χ3n) is 5.08. The molecule has 0 aliphatic carbocycles. The maximum atomic E-state index is 14.0. The van der Waals surface area contributed by atoms with Gasteiger partial charge < -0.3 is 9.47 Å². The summed E-state index contributed by atoms with van der Waals surface area (Å²) in [6.07, 6.45) is 1.63. The fourth-order valence-corrected chi connectivity index (χ4v) is 4.34. The van der Waals surface area contributed by atoms with E-state index in [1.54, 1.807) is 36.4 Å². The molecule has 3 aromatic carbocycles. The van der Waals surface area contributed by atoms with Crippen molar-refractivity contribution in [2.45, 2.75) is 13.5 Å². The molecule has 174 valence electrons. The van der Waals surface area contributed by atoms with Crippen LogP contribution in [0.3, 0.4) is 0 Å². The summed E-state index contributed by atoms with van der Waals surface area (Å²) < 4.78 is 25.3. The van der Waals surface area contributed by atoms with Crippen LogP contribution in [-0.4, -0.2) is 29.2 Å². The van der Waals surface area contributed by atoms with Gasteiger partial charge in [0.1, 0.15) is 30.5 Å². The lowest BCUT2D eigenvalue weighted by Crippen LogP contribution is -2.32. The molecule has 1 aliphatic rings. The molecule has 0 aromatic heterocycles. The normalized spacial score (nSPS) is 14.7. The minimum atomic E-state index is -0.441. The number of hydrogen-bond donors (Lipinski definition) is 0. The minimum Gasteiger partial charge on any atom is -0.492 e. The Morgan fingerprint density at radius 1 is 1.00 bits per heavy atom. The number of amides is 2. The van der Waals surface area contributed by atoms with Crippen LogP contribution in [0.4, 0.5) is 9.18 Å². The molecule has 0 spiro atoms. The lowest BCUT2D eigenvalue weighted by molar-refractivity contribution is -0.123. The van der Waals surface area contributed by atoms with Gasteiger partial charge in [-0.15, -0.1) is 0 Å². The minimum absolute atomic E-state index is 0.0353. The monoisotopic (exact) mass is 497 g/mol. The predicted molar refractivity (Wildman–Crippen MR) is 132 cm³/mol. The number of halogens is 2. The number of hydrogen-bond acceptors (Lipinski definition) is 5. The molecule has 0 radical (unpaired) electrons. The molecule has 1 fully saturated rings. The molecule has 34 heavy (non-hydrogen) atoms. The van der Waals surface area contributed by atoms with Crippen molar-refractivity contribution in [2.24, 2.45) is 0 Å². The molecule has 0 unspecified atom stereocenters. The van der Waals surface area contributed by atoms with E-state index in [0.29, 0.717) is 22.0 Å². The van der Waals surface area contributed by atoms with Crippen molar-refractivity contribution >= 4 is 40.6 Å². The first-order chi connectivity index (χ1) is 16.4. The molecular formula is C26H21ClFNO4S. The Kier molecular flexibility index (Phi) is 7.55. The van der Waals surface area contributed by atoms with Gasteiger partial charge in [-0.2, -0.15) is 0 Å². The first-order valence-electron chi connectivity index (χ1n) is 10.5. The number of ether oxygens (including phenoxy) is 2. The van der Waals surface area contributed by atoms with E-state index in [-0.39, 0.29) is 41.5 Å². The third kappa shape index (κ3) is 5.79. The Hall–Kier alpha value is -3.29. The SMILES string of the molecule is Cc1ccc(OCCN2C(=O)S/C(=C\c3cccc(OCc4c(F)cccc4Cl)c3)C2=O)cc1. The standard InChI is InChI=1S/C26H21ClFNO4S/c1-17-8-10-19(11-9-17)32-13-12-29-25(30)24(34-26(29)31)15-18-4-2-5-20(14-18)33-16-21-22(27)6-3-7-23(21)28/h2-11,14-15H,12-13,16H2,1H3/b24-15-. The van der Waals surface area contributed by atoms with Crippen LogP contribution < -0.4 is 9.47 Å². The van der Waals surface area contributed by atoms with E-state index < -0.39 is 5.82 Å². The first kappa shape index (κ1) is 23.9. The highest BCUT2D eigenvalue weighted by Gasteiger charge is 2.34. The molecule has 0 saturated carbocycles. The molecule has 1 saturated heterocycles. The average Bonchev–Trinajstić information content (AvgIpc) is 3.07. The van der Waals surface area contributed by atoms with Gasteiger partial charge >= 0.3 is 0 Å². The fourth-order valence-electron chi connectivity index (χ4n) is 3.25. The Balaban J connectivity index is 1.38. The maximum Gasteiger partial charge on any atom is 0.293 e. The summed E-state index contributed by atoms with van der Waals surface area (Å²) in [7, 11) is 0. The van der Waals surface area contributed by atoms with Crippen LogP contribution in [0.2, 0.25) is 5.02 Å². The highest BCUT2D eigenvalue weighted by molar-refractivity contribution is 8.18. The van der Waals surface area contributed by atoms with E-state index in [1.165, 1.54) is 17.0 Å². The lowest BCUT2D eigenvalue weighted by Gasteiger charge is -2.13. The van der Waals surface area contributed by atoms with E-state index in [0.717, 1.165) is 17.3 Å². The number of benzene rings is 3. The van der Waals surface area contributed by atoms with Crippen LogP contribution in [-0.2, 0) is 11.4 Å². The number of thioether (sulfide) groups is 1. The Morgan fingerprint density at radius 3 is 2.53 bits per heavy atom. The van der Waals surface area contributed by atoms with Gasteiger partial charge in [-0.05, 0) is 66.7 Å². The number of aryl methyl sites for hydroxylation is 1. The Labute approximate surface area is 206 Å². The van der Waals surface area contributed by atoms with Crippen molar-refractivity contribution in [1.82, 2.24) is 4.90 Å². The zero-order chi connectivity index (χ0) is 24.1. The lowest BCUT2D eigenvalue weighted by atomic mass is 10.2. The van der Waals surface area contributed by atoms with Crippen LogP contribution in [0.25, 0.3) is 6.08 Å². The summed E-state index contributed by atoms with van der Waals surface area (Å²) in [5, 5.41) is -0.0541. The van der Waals surface area contributed by atoms with Crippen molar-refractivity contribution in [3.63, 3.8) is 0 Å². The van der Waals surface area contributed by atoms with Gasteiger partial charge in [-0.25, -0.2) is 4.39 Å². The summed E-state index contributed by atoms with van der Waals surface area (Å²) in [5.74, 6) is 0.357. The molecule has 3 aromatic rings. The van der Waals surface area contributed by atoms with Crippen LogP contribution in [0, 0.1) is 12.7 Å². The van der Waals surface area contributed by atoms with Crippen molar-refractivity contribution in [2.75, 3.05) is 13.2 Å². The van der Waals surface area contributed by atoms with Crippen LogP contribution in [0.1, 0.15) is 16.7 Å². The molecule has 5 nitrogen and oxygen atoms in total. The summed E-state index contributed by atoms with van der Waals surface area (Å²) >= 11 is 6.93.